The van der Waals surface area contributed by atoms with Gasteiger partial charge in [-0.2, -0.15) is 5.10 Å². The van der Waals surface area contributed by atoms with Crippen molar-refractivity contribution in [1.82, 2.24) is 5.43 Å². The van der Waals surface area contributed by atoms with Gasteiger partial charge in [0.2, 0.25) is 0 Å². The fourth-order valence-electron chi connectivity index (χ4n) is 1.88. The van der Waals surface area contributed by atoms with Crippen LogP contribution in [0.15, 0.2) is 46.1 Å². The molecule has 2 rings (SSSR count). The molecule has 1 N–H and O–H groups in total. The van der Waals surface area contributed by atoms with Gasteiger partial charge in [-0.3, -0.25) is 4.79 Å². The summed E-state index contributed by atoms with van der Waals surface area (Å²) >= 11 is 0. The summed E-state index contributed by atoms with van der Waals surface area (Å²) in [5, 5.41) is 3.97. The Labute approximate surface area is 123 Å². The first-order valence-corrected chi connectivity index (χ1v) is 6.64. The first kappa shape index (κ1) is 14.8. The molecule has 0 aliphatic rings. The van der Waals surface area contributed by atoms with Gasteiger partial charge in [-0.25, -0.2) is 5.43 Å². The van der Waals surface area contributed by atoms with E-state index in [1.165, 1.54) is 0 Å². The number of amides is 1. The van der Waals surface area contributed by atoms with E-state index in [-0.39, 0.29) is 12.5 Å². The normalized spacial score (nSPS) is 11.3. The average molecular weight is 286 g/mol. The van der Waals surface area contributed by atoms with Gasteiger partial charge in [-0.1, -0.05) is 18.2 Å². The molecule has 0 saturated heterocycles. The molecule has 0 unspecified atom stereocenters. The third-order valence-corrected chi connectivity index (χ3v) is 2.98. The van der Waals surface area contributed by atoms with Crippen LogP contribution in [-0.4, -0.2) is 18.2 Å². The smallest absolute Gasteiger partial charge is 0.277 e. The Balaban J connectivity index is 1.90. The van der Waals surface area contributed by atoms with Crippen molar-refractivity contribution in [2.45, 2.75) is 20.8 Å². The number of nitrogens with zero attached hydrogens (tertiary/aromatic N) is 1. The average Bonchev–Trinajstić information content (AvgIpc) is 2.98. The molecular formula is C16H18N2O3. The number of furan rings is 1. The summed E-state index contributed by atoms with van der Waals surface area (Å²) in [6.45, 7) is 5.56. The molecule has 21 heavy (non-hydrogen) atoms. The van der Waals surface area contributed by atoms with Gasteiger partial charge in [0, 0.05) is 0 Å². The topological polar surface area (TPSA) is 63.8 Å². The molecule has 0 saturated carbocycles. The minimum atomic E-state index is -0.316. The molecule has 5 heteroatoms. The summed E-state index contributed by atoms with van der Waals surface area (Å²) in [7, 11) is 0. The summed E-state index contributed by atoms with van der Waals surface area (Å²) in [6, 6.07) is 9.38. The summed E-state index contributed by atoms with van der Waals surface area (Å²) in [5.41, 5.74) is 5.04. The maximum Gasteiger partial charge on any atom is 0.277 e. The van der Waals surface area contributed by atoms with Crippen molar-refractivity contribution in [3.63, 3.8) is 0 Å². The van der Waals surface area contributed by atoms with E-state index in [1.54, 1.807) is 25.3 Å². The second kappa shape index (κ2) is 6.74. The molecule has 5 nitrogen and oxygen atoms in total. The van der Waals surface area contributed by atoms with Gasteiger partial charge >= 0.3 is 0 Å². The predicted molar refractivity (Wildman–Crippen MR) is 80.5 cm³/mol. The Morgan fingerprint density at radius 3 is 2.57 bits per heavy atom. The van der Waals surface area contributed by atoms with Crippen molar-refractivity contribution in [3.8, 4) is 5.75 Å². The Morgan fingerprint density at radius 1 is 1.24 bits per heavy atom. The number of hydrogen-bond donors (Lipinski definition) is 1. The number of hydrogen-bond acceptors (Lipinski definition) is 4. The minimum Gasteiger partial charge on any atom is -0.483 e. The number of rotatable bonds is 5. The number of para-hydroxylation sites is 1. The predicted octanol–water partition coefficient (Wildman–Crippen LogP) is 2.82. The molecule has 0 fully saturated rings. The zero-order valence-corrected chi connectivity index (χ0v) is 12.3. The molecule has 1 amide bonds. The Bertz CT molecular complexity index is 625. The van der Waals surface area contributed by atoms with Crippen LogP contribution in [0.5, 0.6) is 5.75 Å². The van der Waals surface area contributed by atoms with Crippen molar-refractivity contribution in [1.29, 1.82) is 0 Å². The maximum absolute atomic E-state index is 11.7. The first-order chi connectivity index (χ1) is 10.1. The lowest BCUT2D eigenvalue weighted by atomic mass is 10.1. The molecule has 0 aliphatic heterocycles. The first-order valence-electron chi connectivity index (χ1n) is 6.64. The van der Waals surface area contributed by atoms with Crippen LogP contribution >= 0.6 is 0 Å². The lowest BCUT2D eigenvalue weighted by molar-refractivity contribution is -0.123. The van der Waals surface area contributed by atoms with Gasteiger partial charge in [0.15, 0.2) is 6.61 Å². The SMILES string of the molecule is C/C(=N/NC(=O)COc1c(C)cccc1C)c1ccco1. The molecule has 1 aromatic heterocycles. The third-order valence-electron chi connectivity index (χ3n) is 2.98. The van der Waals surface area contributed by atoms with Crippen LogP contribution in [-0.2, 0) is 4.79 Å². The van der Waals surface area contributed by atoms with Crippen molar-refractivity contribution >= 4 is 11.6 Å². The van der Waals surface area contributed by atoms with E-state index in [9.17, 15) is 4.79 Å². The van der Waals surface area contributed by atoms with Crippen molar-refractivity contribution in [2.75, 3.05) is 6.61 Å². The summed E-state index contributed by atoms with van der Waals surface area (Å²) in [5.74, 6) is 1.04. The molecule has 110 valence electrons. The van der Waals surface area contributed by atoms with Gasteiger partial charge in [-0.05, 0) is 44.0 Å². The summed E-state index contributed by atoms with van der Waals surface area (Å²) in [6.07, 6.45) is 1.56. The summed E-state index contributed by atoms with van der Waals surface area (Å²) in [4.78, 5) is 11.7. The molecule has 1 aromatic carbocycles. The van der Waals surface area contributed by atoms with Crippen LogP contribution in [0.3, 0.4) is 0 Å². The second-order valence-electron chi connectivity index (χ2n) is 4.72. The van der Waals surface area contributed by atoms with Crippen LogP contribution in [0, 0.1) is 13.8 Å². The van der Waals surface area contributed by atoms with Gasteiger partial charge in [0.1, 0.15) is 17.2 Å². The monoisotopic (exact) mass is 286 g/mol. The van der Waals surface area contributed by atoms with Crippen molar-refractivity contribution < 1.29 is 13.9 Å². The van der Waals surface area contributed by atoms with Gasteiger partial charge in [0.05, 0.1) is 6.26 Å². The highest BCUT2D eigenvalue weighted by molar-refractivity contribution is 5.96. The number of ether oxygens (including phenoxy) is 1. The van der Waals surface area contributed by atoms with Crippen LogP contribution < -0.4 is 10.2 Å². The lowest BCUT2D eigenvalue weighted by Crippen LogP contribution is -2.25. The molecule has 0 radical (unpaired) electrons. The molecule has 1 heterocycles. The van der Waals surface area contributed by atoms with Crippen LogP contribution in [0.1, 0.15) is 23.8 Å². The fourth-order valence-corrected chi connectivity index (χ4v) is 1.88. The summed E-state index contributed by atoms with van der Waals surface area (Å²) < 4.78 is 10.7. The number of nitrogens with one attached hydrogen (secondary N) is 1. The zero-order valence-electron chi connectivity index (χ0n) is 12.3. The molecule has 2 aromatic rings. The van der Waals surface area contributed by atoms with Gasteiger partial charge in [-0.15, -0.1) is 0 Å². The largest absolute Gasteiger partial charge is 0.483 e. The van der Waals surface area contributed by atoms with Gasteiger partial charge < -0.3 is 9.15 Å². The van der Waals surface area contributed by atoms with E-state index in [2.05, 4.69) is 10.5 Å². The number of carbonyl (C=O) groups is 1. The Hall–Kier alpha value is -2.56. The highest BCUT2D eigenvalue weighted by Crippen LogP contribution is 2.21. The van der Waals surface area contributed by atoms with Gasteiger partial charge in [0.25, 0.3) is 5.91 Å². The molecular weight excluding hydrogens is 268 g/mol. The zero-order chi connectivity index (χ0) is 15.2. The molecule has 0 aliphatic carbocycles. The number of benzene rings is 1. The van der Waals surface area contributed by atoms with Crippen molar-refractivity contribution in [2.24, 2.45) is 5.10 Å². The van der Waals surface area contributed by atoms with Crippen LogP contribution in [0.4, 0.5) is 0 Å². The number of hydrazone groups is 1. The van der Waals surface area contributed by atoms with E-state index in [1.807, 2.05) is 32.0 Å². The third kappa shape index (κ3) is 3.95. The number of aryl methyl sites for hydroxylation is 2. The molecule has 0 atom stereocenters. The highest BCUT2D eigenvalue weighted by Gasteiger charge is 2.07. The van der Waals surface area contributed by atoms with E-state index in [4.69, 9.17) is 9.15 Å². The lowest BCUT2D eigenvalue weighted by Gasteiger charge is -2.10. The second-order valence-corrected chi connectivity index (χ2v) is 4.72. The molecule has 0 spiro atoms. The van der Waals surface area contributed by atoms with E-state index in [0.29, 0.717) is 11.5 Å². The molecule has 0 bridgehead atoms. The van der Waals surface area contributed by atoms with E-state index >= 15 is 0 Å². The standard InChI is InChI=1S/C16H18N2O3/c1-11-6-4-7-12(2)16(11)21-10-15(19)18-17-13(3)14-8-5-9-20-14/h4-9H,10H2,1-3H3,(H,18,19)/b17-13-. The van der Waals surface area contributed by atoms with E-state index in [0.717, 1.165) is 16.9 Å². The van der Waals surface area contributed by atoms with Crippen molar-refractivity contribution in [3.05, 3.63) is 53.5 Å². The number of carbonyl (C=O) groups excluding carboxylic acids is 1. The highest BCUT2D eigenvalue weighted by atomic mass is 16.5. The van der Waals surface area contributed by atoms with Crippen LogP contribution in [0.25, 0.3) is 0 Å². The van der Waals surface area contributed by atoms with Crippen LogP contribution in [0.2, 0.25) is 0 Å². The van der Waals surface area contributed by atoms with E-state index < -0.39 is 0 Å². The quantitative estimate of drug-likeness (QED) is 0.679. The fraction of sp³-hybridized carbons (Fsp3) is 0.250. The Morgan fingerprint density at radius 2 is 1.95 bits per heavy atom. The Kier molecular flexibility index (Phi) is 4.77. The minimum absolute atomic E-state index is 0.0827. The maximum atomic E-state index is 11.7.